The number of carbonyl (C=O) groups is 3. The topological polar surface area (TPSA) is 91.0 Å². The second-order valence-electron chi connectivity index (χ2n) is 5.42. The SMILES string of the molecule is CCOC(=O)N1CCN(C(=O)NNC(=O)c2ccc(C)cc2)CC1. The van der Waals surface area contributed by atoms with E-state index in [9.17, 15) is 14.4 Å². The number of rotatable bonds is 2. The predicted octanol–water partition coefficient (Wildman–Crippen LogP) is 1.12. The van der Waals surface area contributed by atoms with Crippen LogP contribution in [-0.2, 0) is 4.74 Å². The maximum Gasteiger partial charge on any atom is 0.409 e. The van der Waals surface area contributed by atoms with Crippen LogP contribution in [-0.4, -0.2) is 60.6 Å². The minimum atomic E-state index is -0.404. The fourth-order valence-electron chi connectivity index (χ4n) is 2.27. The van der Waals surface area contributed by atoms with Gasteiger partial charge >= 0.3 is 12.1 Å². The molecule has 24 heavy (non-hydrogen) atoms. The number of nitrogens with one attached hydrogen (secondary N) is 2. The van der Waals surface area contributed by atoms with Gasteiger partial charge in [-0.05, 0) is 26.0 Å². The Bertz CT molecular complexity index is 595. The van der Waals surface area contributed by atoms with Gasteiger partial charge in [-0.25, -0.2) is 15.0 Å². The number of urea groups is 1. The zero-order valence-corrected chi connectivity index (χ0v) is 13.9. The Hall–Kier alpha value is -2.77. The third-order valence-electron chi connectivity index (χ3n) is 3.69. The molecule has 0 unspecified atom stereocenters. The normalized spacial score (nSPS) is 14.1. The van der Waals surface area contributed by atoms with E-state index in [0.29, 0.717) is 38.3 Å². The molecule has 8 heteroatoms. The number of aryl methyl sites for hydroxylation is 1. The number of hydrogen-bond donors (Lipinski definition) is 2. The summed E-state index contributed by atoms with van der Waals surface area (Å²) < 4.78 is 4.92. The molecule has 1 fully saturated rings. The zero-order chi connectivity index (χ0) is 17.5. The Morgan fingerprint density at radius 2 is 1.58 bits per heavy atom. The van der Waals surface area contributed by atoms with E-state index >= 15 is 0 Å². The fraction of sp³-hybridized carbons (Fsp3) is 0.438. The molecule has 0 saturated carbocycles. The number of piperazine rings is 1. The molecule has 2 N–H and O–H groups in total. The van der Waals surface area contributed by atoms with Crippen LogP contribution in [0.1, 0.15) is 22.8 Å². The lowest BCUT2D eigenvalue weighted by Crippen LogP contribution is -2.56. The summed E-state index contributed by atoms with van der Waals surface area (Å²) in [5.74, 6) is -0.381. The van der Waals surface area contributed by atoms with E-state index in [1.165, 1.54) is 4.90 Å². The Morgan fingerprint density at radius 3 is 2.17 bits per heavy atom. The highest BCUT2D eigenvalue weighted by Gasteiger charge is 2.24. The summed E-state index contributed by atoms with van der Waals surface area (Å²) in [4.78, 5) is 38.7. The maximum atomic E-state index is 12.1. The van der Waals surface area contributed by atoms with Crippen molar-refractivity contribution in [3.8, 4) is 0 Å². The van der Waals surface area contributed by atoms with Crippen LogP contribution >= 0.6 is 0 Å². The minimum absolute atomic E-state index is 0.324. The summed E-state index contributed by atoms with van der Waals surface area (Å²) in [5, 5.41) is 0. The summed E-state index contributed by atoms with van der Waals surface area (Å²) in [5.41, 5.74) is 6.29. The molecular weight excluding hydrogens is 312 g/mol. The lowest BCUT2D eigenvalue weighted by molar-refractivity contribution is 0.0833. The van der Waals surface area contributed by atoms with Crippen LogP contribution in [0.3, 0.4) is 0 Å². The van der Waals surface area contributed by atoms with Gasteiger partial charge in [-0.15, -0.1) is 0 Å². The number of carbonyl (C=O) groups excluding carboxylic acids is 3. The lowest BCUT2D eigenvalue weighted by atomic mass is 10.1. The summed E-state index contributed by atoms with van der Waals surface area (Å²) in [6.45, 7) is 5.56. The Balaban J connectivity index is 1.76. The van der Waals surface area contributed by atoms with Gasteiger partial charge in [0.15, 0.2) is 0 Å². The first kappa shape index (κ1) is 17.6. The van der Waals surface area contributed by atoms with Crippen molar-refractivity contribution >= 4 is 18.0 Å². The Labute approximate surface area is 140 Å². The minimum Gasteiger partial charge on any atom is -0.450 e. The van der Waals surface area contributed by atoms with Crippen LogP contribution < -0.4 is 10.9 Å². The van der Waals surface area contributed by atoms with E-state index in [1.807, 2.05) is 19.1 Å². The molecule has 0 atom stereocenters. The van der Waals surface area contributed by atoms with E-state index in [-0.39, 0.29) is 12.0 Å². The first-order valence-electron chi connectivity index (χ1n) is 7.85. The van der Waals surface area contributed by atoms with Crippen molar-refractivity contribution in [3.63, 3.8) is 0 Å². The molecule has 0 spiro atoms. The highest BCUT2D eigenvalue weighted by atomic mass is 16.6. The molecule has 1 aromatic rings. The van der Waals surface area contributed by atoms with Crippen molar-refractivity contribution in [2.45, 2.75) is 13.8 Å². The first-order valence-corrected chi connectivity index (χ1v) is 7.85. The molecule has 0 bridgehead atoms. The molecule has 0 radical (unpaired) electrons. The van der Waals surface area contributed by atoms with Crippen LogP contribution in [0.2, 0.25) is 0 Å². The molecule has 0 aromatic heterocycles. The smallest absolute Gasteiger partial charge is 0.409 e. The number of amides is 4. The zero-order valence-electron chi connectivity index (χ0n) is 13.9. The molecule has 1 aliphatic heterocycles. The van der Waals surface area contributed by atoms with Gasteiger partial charge < -0.3 is 14.5 Å². The summed E-state index contributed by atoms with van der Waals surface area (Å²) >= 11 is 0. The Kier molecular flexibility index (Phi) is 6.00. The van der Waals surface area contributed by atoms with Gasteiger partial charge in [0.25, 0.3) is 5.91 Å². The number of hydrogen-bond acceptors (Lipinski definition) is 4. The standard InChI is InChI=1S/C16H22N4O4/c1-3-24-16(23)20-10-8-19(9-11-20)15(22)18-17-14(21)13-6-4-12(2)5-7-13/h4-7H,3,8-11H2,1-2H3,(H,17,21)(H,18,22). The number of hydrazine groups is 1. The molecule has 2 rings (SSSR count). The molecular formula is C16H22N4O4. The highest BCUT2D eigenvalue weighted by Crippen LogP contribution is 2.05. The largest absolute Gasteiger partial charge is 0.450 e. The van der Waals surface area contributed by atoms with Gasteiger partial charge in [-0.2, -0.15) is 0 Å². The third kappa shape index (κ3) is 4.61. The van der Waals surface area contributed by atoms with Gasteiger partial charge in [0.05, 0.1) is 6.61 Å². The number of nitrogens with zero attached hydrogens (tertiary/aromatic N) is 2. The van der Waals surface area contributed by atoms with Crippen LogP contribution in [0.5, 0.6) is 0 Å². The van der Waals surface area contributed by atoms with E-state index in [0.717, 1.165) is 5.56 Å². The second kappa shape index (κ2) is 8.19. The molecule has 1 aromatic carbocycles. The van der Waals surface area contributed by atoms with Crippen molar-refractivity contribution < 1.29 is 19.1 Å². The summed E-state index contributed by atoms with van der Waals surface area (Å²) in [6.07, 6.45) is -0.370. The van der Waals surface area contributed by atoms with Crippen LogP contribution in [0.4, 0.5) is 9.59 Å². The summed E-state index contributed by atoms with van der Waals surface area (Å²) in [7, 11) is 0. The number of benzene rings is 1. The average molecular weight is 334 g/mol. The third-order valence-corrected chi connectivity index (χ3v) is 3.69. The predicted molar refractivity (Wildman–Crippen MR) is 87.3 cm³/mol. The molecule has 130 valence electrons. The van der Waals surface area contributed by atoms with Crippen molar-refractivity contribution in [1.82, 2.24) is 20.7 Å². The van der Waals surface area contributed by atoms with E-state index in [2.05, 4.69) is 10.9 Å². The van der Waals surface area contributed by atoms with Crippen molar-refractivity contribution in [1.29, 1.82) is 0 Å². The monoisotopic (exact) mass is 334 g/mol. The van der Waals surface area contributed by atoms with Gasteiger partial charge in [-0.1, -0.05) is 17.7 Å². The molecule has 1 aliphatic rings. The van der Waals surface area contributed by atoms with Crippen molar-refractivity contribution in [3.05, 3.63) is 35.4 Å². The van der Waals surface area contributed by atoms with E-state index in [4.69, 9.17) is 4.74 Å². The molecule has 1 heterocycles. The molecule has 8 nitrogen and oxygen atoms in total. The van der Waals surface area contributed by atoms with Crippen LogP contribution in [0.25, 0.3) is 0 Å². The van der Waals surface area contributed by atoms with Gasteiger partial charge in [0.1, 0.15) is 0 Å². The van der Waals surface area contributed by atoms with Crippen LogP contribution in [0, 0.1) is 6.92 Å². The molecule has 4 amide bonds. The van der Waals surface area contributed by atoms with Gasteiger partial charge in [0, 0.05) is 31.7 Å². The Morgan fingerprint density at radius 1 is 1.00 bits per heavy atom. The van der Waals surface area contributed by atoms with E-state index in [1.54, 1.807) is 24.0 Å². The fourth-order valence-corrected chi connectivity index (χ4v) is 2.27. The average Bonchev–Trinajstić information content (AvgIpc) is 2.60. The van der Waals surface area contributed by atoms with Gasteiger partial charge in [0.2, 0.25) is 0 Å². The first-order chi connectivity index (χ1) is 11.5. The van der Waals surface area contributed by atoms with Crippen LogP contribution in [0.15, 0.2) is 24.3 Å². The second-order valence-corrected chi connectivity index (χ2v) is 5.42. The maximum absolute atomic E-state index is 12.1. The summed E-state index contributed by atoms with van der Waals surface area (Å²) in [6, 6.07) is 6.62. The van der Waals surface area contributed by atoms with Crippen molar-refractivity contribution in [2.24, 2.45) is 0 Å². The number of ether oxygens (including phenoxy) is 1. The van der Waals surface area contributed by atoms with Gasteiger partial charge in [-0.3, -0.25) is 10.2 Å². The quantitative estimate of drug-likeness (QED) is 0.793. The molecule has 1 saturated heterocycles. The lowest BCUT2D eigenvalue weighted by Gasteiger charge is -2.33. The highest BCUT2D eigenvalue weighted by molar-refractivity contribution is 5.95. The van der Waals surface area contributed by atoms with Crippen molar-refractivity contribution in [2.75, 3.05) is 32.8 Å². The molecule has 0 aliphatic carbocycles. The van der Waals surface area contributed by atoms with E-state index < -0.39 is 6.03 Å².